The molecule has 0 unspecified atom stereocenters. The number of aromatic nitrogens is 4. The summed E-state index contributed by atoms with van der Waals surface area (Å²) in [6, 6.07) is 7.43. The van der Waals surface area contributed by atoms with Crippen LogP contribution in [-0.4, -0.2) is 19.9 Å². The van der Waals surface area contributed by atoms with Crippen LogP contribution in [0.3, 0.4) is 0 Å². The molecule has 0 aliphatic carbocycles. The van der Waals surface area contributed by atoms with Crippen molar-refractivity contribution in [2.45, 2.75) is 19.1 Å². The van der Waals surface area contributed by atoms with Crippen molar-refractivity contribution in [1.82, 2.24) is 19.9 Å². The molecule has 0 radical (unpaired) electrons. The second-order valence-corrected chi connectivity index (χ2v) is 6.50. The zero-order valence-corrected chi connectivity index (χ0v) is 15.0. The molecule has 0 fully saturated rings. The summed E-state index contributed by atoms with van der Waals surface area (Å²) in [4.78, 5) is 14.8. The fraction of sp³-hybridized carbons (Fsp3) is 0.150. The minimum absolute atomic E-state index is 0.297. The molecule has 0 aliphatic rings. The van der Waals surface area contributed by atoms with Crippen LogP contribution in [0, 0.1) is 5.82 Å². The van der Waals surface area contributed by atoms with Crippen molar-refractivity contribution in [1.29, 1.82) is 0 Å². The predicted octanol–water partition coefficient (Wildman–Crippen LogP) is 4.71. The van der Waals surface area contributed by atoms with Crippen molar-refractivity contribution in [2.24, 2.45) is 0 Å². The van der Waals surface area contributed by atoms with E-state index in [4.69, 9.17) is 0 Å². The number of aromatic amines is 1. The third-order valence-corrected chi connectivity index (χ3v) is 4.39. The lowest BCUT2D eigenvalue weighted by Gasteiger charge is -2.08. The molecule has 2 N–H and O–H groups in total. The van der Waals surface area contributed by atoms with E-state index in [-0.39, 0.29) is 0 Å². The van der Waals surface area contributed by atoms with Gasteiger partial charge >= 0.3 is 6.18 Å². The number of fused-ring (bicyclic) bond motifs is 1. The first-order valence-corrected chi connectivity index (χ1v) is 8.71. The van der Waals surface area contributed by atoms with E-state index in [1.165, 1.54) is 18.3 Å². The molecule has 0 bridgehead atoms. The molecule has 0 atom stereocenters. The van der Waals surface area contributed by atoms with Crippen LogP contribution in [0.4, 0.5) is 23.4 Å². The lowest BCUT2D eigenvalue weighted by molar-refractivity contribution is -0.141. The fourth-order valence-electron chi connectivity index (χ4n) is 2.92. The first kappa shape index (κ1) is 18.9. The molecule has 0 spiro atoms. The molecule has 4 heterocycles. The summed E-state index contributed by atoms with van der Waals surface area (Å²) in [6.07, 6.45) is 1.95. The van der Waals surface area contributed by atoms with E-state index in [2.05, 4.69) is 25.3 Å². The van der Waals surface area contributed by atoms with Crippen LogP contribution in [0.25, 0.3) is 11.0 Å². The van der Waals surface area contributed by atoms with E-state index in [1.54, 1.807) is 18.5 Å². The quantitative estimate of drug-likeness (QED) is 0.475. The Labute approximate surface area is 162 Å². The highest BCUT2D eigenvalue weighted by Crippen LogP contribution is 2.27. The lowest BCUT2D eigenvalue weighted by atomic mass is 10.1. The Bertz CT molecular complexity index is 1120. The van der Waals surface area contributed by atoms with Gasteiger partial charge in [-0.2, -0.15) is 13.2 Å². The molecular formula is C20H15F4N5. The number of hydrogen-bond donors (Lipinski definition) is 2. The van der Waals surface area contributed by atoms with Crippen molar-refractivity contribution in [3.63, 3.8) is 0 Å². The molecule has 148 valence electrons. The molecule has 5 nitrogen and oxygen atoms in total. The molecule has 0 saturated carbocycles. The maximum absolute atomic E-state index is 13.4. The van der Waals surface area contributed by atoms with Gasteiger partial charge in [0, 0.05) is 36.9 Å². The van der Waals surface area contributed by atoms with Crippen LogP contribution in [0.5, 0.6) is 0 Å². The summed E-state index contributed by atoms with van der Waals surface area (Å²) in [7, 11) is 0. The highest BCUT2D eigenvalue weighted by Gasteiger charge is 2.31. The largest absolute Gasteiger partial charge is 0.433 e. The molecule has 0 aliphatic heterocycles. The van der Waals surface area contributed by atoms with Crippen LogP contribution in [0.15, 0.2) is 55.1 Å². The Morgan fingerprint density at radius 2 is 1.72 bits per heavy atom. The Balaban J connectivity index is 1.39. The minimum atomic E-state index is -4.45. The number of anilines is 1. The van der Waals surface area contributed by atoms with Gasteiger partial charge in [0.25, 0.3) is 0 Å². The predicted molar refractivity (Wildman–Crippen MR) is 99.7 cm³/mol. The average molecular weight is 401 g/mol. The summed E-state index contributed by atoms with van der Waals surface area (Å²) in [5.74, 6) is 0.189. The normalized spacial score (nSPS) is 11.7. The van der Waals surface area contributed by atoms with E-state index in [1.807, 2.05) is 6.07 Å². The zero-order chi connectivity index (χ0) is 20.4. The first-order chi connectivity index (χ1) is 13.9. The number of alkyl halides is 3. The number of nitrogens with one attached hydrogen (secondary N) is 2. The maximum Gasteiger partial charge on any atom is 0.433 e. The van der Waals surface area contributed by atoms with E-state index in [9.17, 15) is 17.6 Å². The van der Waals surface area contributed by atoms with Gasteiger partial charge in [0.15, 0.2) is 0 Å². The molecule has 4 aromatic heterocycles. The topological polar surface area (TPSA) is 66.5 Å². The Morgan fingerprint density at radius 3 is 2.41 bits per heavy atom. The van der Waals surface area contributed by atoms with Gasteiger partial charge in [0.2, 0.25) is 0 Å². The van der Waals surface area contributed by atoms with E-state index in [0.717, 1.165) is 28.8 Å². The van der Waals surface area contributed by atoms with Crippen molar-refractivity contribution in [2.75, 3.05) is 5.32 Å². The Morgan fingerprint density at radius 1 is 0.931 bits per heavy atom. The van der Waals surface area contributed by atoms with E-state index in [0.29, 0.717) is 30.0 Å². The minimum Gasteiger partial charge on any atom is -0.366 e. The summed E-state index contributed by atoms with van der Waals surface area (Å²) in [5.41, 5.74) is 2.15. The average Bonchev–Trinajstić information content (AvgIpc) is 3.09. The van der Waals surface area contributed by atoms with Crippen molar-refractivity contribution >= 4 is 16.9 Å². The molecular weight excluding hydrogens is 386 g/mol. The Kier molecular flexibility index (Phi) is 4.87. The summed E-state index contributed by atoms with van der Waals surface area (Å²) < 4.78 is 51.0. The van der Waals surface area contributed by atoms with Gasteiger partial charge in [-0.15, -0.1) is 0 Å². The highest BCUT2D eigenvalue weighted by atomic mass is 19.4. The Hall–Kier alpha value is -3.49. The summed E-state index contributed by atoms with van der Waals surface area (Å²) >= 11 is 0. The number of rotatable bonds is 5. The number of halogens is 4. The van der Waals surface area contributed by atoms with Crippen molar-refractivity contribution in [3.05, 3.63) is 83.3 Å². The summed E-state index contributed by atoms with van der Waals surface area (Å²) in [5, 5.41) is 3.77. The van der Waals surface area contributed by atoms with Crippen LogP contribution < -0.4 is 5.32 Å². The van der Waals surface area contributed by atoms with Gasteiger partial charge in [-0.25, -0.2) is 14.4 Å². The number of H-pyrrole nitrogens is 1. The van der Waals surface area contributed by atoms with Crippen LogP contribution in [0.1, 0.15) is 22.4 Å². The van der Waals surface area contributed by atoms with Gasteiger partial charge in [-0.1, -0.05) is 12.1 Å². The number of nitrogens with zero attached hydrogens (tertiary/aromatic N) is 3. The molecule has 4 aromatic rings. The first-order valence-electron chi connectivity index (χ1n) is 8.71. The number of pyridine rings is 3. The SMILES string of the molecule is Fc1cnc2[nH]cc(Cc3ccc(NCc4ccc(C(F)(F)F)nc4)nc3)c2c1. The van der Waals surface area contributed by atoms with Gasteiger partial charge in [-0.3, -0.25) is 4.98 Å². The second kappa shape index (κ2) is 7.50. The lowest BCUT2D eigenvalue weighted by Crippen LogP contribution is -2.08. The van der Waals surface area contributed by atoms with E-state index >= 15 is 0 Å². The van der Waals surface area contributed by atoms with Crippen molar-refractivity contribution < 1.29 is 17.6 Å². The second-order valence-electron chi connectivity index (χ2n) is 6.50. The van der Waals surface area contributed by atoms with Crippen LogP contribution >= 0.6 is 0 Å². The monoisotopic (exact) mass is 401 g/mol. The maximum atomic E-state index is 13.4. The third kappa shape index (κ3) is 4.34. The van der Waals surface area contributed by atoms with Gasteiger partial charge < -0.3 is 10.3 Å². The van der Waals surface area contributed by atoms with Gasteiger partial charge in [-0.05, 0) is 34.9 Å². The van der Waals surface area contributed by atoms with Gasteiger partial charge in [0.1, 0.15) is 23.0 Å². The zero-order valence-electron chi connectivity index (χ0n) is 15.0. The van der Waals surface area contributed by atoms with Crippen LogP contribution in [0.2, 0.25) is 0 Å². The molecule has 4 rings (SSSR count). The van der Waals surface area contributed by atoms with E-state index < -0.39 is 17.7 Å². The fourth-order valence-corrected chi connectivity index (χ4v) is 2.92. The molecule has 0 saturated heterocycles. The van der Waals surface area contributed by atoms with Crippen LogP contribution in [-0.2, 0) is 19.1 Å². The molecule has 0 amide bonds. The standard InChI is InChI=1S/C20H15F4N5/c21-15-6-16-14(10-28-19(16)29-11-15)5-12-2-4-18(26-7-12)27-9-13-1-3-17(25-8-13)20(22,23)24/h1-4,6-8,10-11H,5,9H2,(H,26,27)(H,28,29). The summed E-state index contributed by atoms with van der Waals surface area (Å²) in [6.45, 7) is 0.297. The highest BCUT2D eigenvalue weighted by molar-refractivity contribution is 5.80. The van der Waals surface area contributed by atoms with Crippen molar-refractivity contribution in [3.8, 4) is 0 Å². The number of hydrogen-bond acceptors (Lipinski definition) is 4. The molecule has 9 heteroatoms. The third-order valence-electron chi connectivity index (χ3n) is 4.39. The smallest absolute Gasteiger partial charge is 0.366 e. The molecule has 29 heavy (non-hydrogen) atoms. The van der Waals surface area contributed by atoms with Gasteiger partial charge in [0.05, 0.1) is 6.20 Å². The molecule has 0 aromatic carbocycles.